The summed E-state index contributed by atoms with van der Waals surface area (Å²) in [5.74, 6) is -6.26. The SMILES string of the molecule is CC(C)C1CC(=O)C(F)(F)C(=O)C1.O. The van der Waals surface area contributed by atoms with Gasteiger partial charge in [-0.3, -0.25) is 9.59 Å². The van der Waals surface area contributed by atoms with Crippen LogP contribution in [0.25, 0.3) is 0 Å². The van der Waals surface area contributed by atoms with Crippen molar-refractivity contribution in [3.63, 3.8) is 0 Å². The molecule has 1 aliphatic rings. The van der Waals surface area contributed by atoms with Crippen LogP contribution in [-0.2, 0) is 9.59 Å². The quantitative estimate of drug-likeness (QED) is 0.603. The van der Waals surface area contributed by atoms with Gasteiger partial charge in [-0.1, -0.05) is 13.8 Å². The number of ketones is 2. The molecule has 3 nitrogen and oxygen atoms in total. The van der Waals surface area contributed by atoms with Crippen LogP contribution >= 0.6 is 0 Å². The summed E-state index contributed by atoms with van der Waals surface area (Å²) in [7, 11) is 0. The smallest absolute Gasteiger partial charge is 0.362 e. The van der Waals surface area contributed by atoms with E-state index in [1.165, 1.54) is 0 Å². The number of carbonyl (C=O) groups excluding carboxylic acids is 2. The van der Waals surface area contributed by atoms with E-state index in [-0.39, 0.29) is 30.2 Å². The number of hydrogen-bond acceptors (Lipinski definition) is 2. The molecular formula is C9H14F2O3. The second-order valence-corrected chi connectivity index (χ2v) is 3.83. The topological polar surface area (TPSA) is 65.6 Å². The fraction of sp³-hybridized carbons (Fsp3) is 0.778. The lowest BCUT2D eigenvalue weighted by molar-refractivity contribution is -0.162. The van der Waals surface area contributed by atoms with Crippen LogP contribution in [0, 0.1) is 11.8 Å². The maximum atomic E-state index is 12.7. The second kappa shape index (κ2) is 4.13. The van der Waals surface area contributed by atoms with Gasteiger partial charge in [-0.15, -0.1) is 0 Å². The first-order valence-electron chi connectivity index (χ1n) is 4.30. The molecular weight excluding hydrogens is 194 g/mol. The number of carbonyl (C=O) groups is 2. The van der Waals surface area contributed by atoms with Gasteiger partial charge in [-0.05, 0) is 11.8 Å². The highest BCUT2D eigenvalue weighted by Crippen LogP contribution is 2.33. The van der Waals surface area contributed by atoms with Gasteiger partial charge >= 0.3 is 5.92 Å². The molecule has 0 aromatic carbocycles. The third-order valence-corrected chi connectivity index (χ3v) is 2.54. The highest BCUT2D eigenvalue weighted by molar-refractivity contribution is 6.10. The molecule has 0 amide bonds. The van der Waals surface area contributed by atoms with Gasteiger partial charge in [-0.2, -0.15) is 8.78 Å². The van der Waals surface area contributed by atoms with Crippen LogP contribution in [0.5, 0.6) is 0 Å². The molecule has 0 saturated heterocycles. The Bertz CT molecular complexity index is 228. The van der Waals surface area contributed by atoms with Crippen molar-refractivity contribution in [2.75, 3.05) is 0 Å². The molecule has 14 heavy (non-hydrogen) atoms. The molecule has 0 spiro atoms. The molecule has 82 valence electrons. The molecule has 0 atom stereocenters. The number of rotatable bonds is 1. The summed E-state index contributed by atoms with van der Waals surface area (Å²) in [5.41, 5.74) is 0. The van der Waals surface area contributed by atoms with Crippen molar-refractivity contribution < 1.29 is 23.8 Å². The zero-order valence-electron chi connectivity index (χ0n) is 8.14. The van der Waals surface area contributed by atoms with Crippen LogP contribution in [0.1, 0.15) is 26.7 Å². The molecule has 2 N–H and O–H groups in total. The molecule has 0 unspecified atom stereocenters. The minimum atomic E-state index is -3.72. The van der Waals surface area contributed by atoms with Crippen molar-refractivity contribution in [2.24, 2.45) is 11.8 Å². The molecule has 0 bridgehead atoms. The van der Waals surface area contributed by atoms with Crippen LogP contribution in [0.2, 0.25) is 0 Å². The van der Waals surface area contributed by atoms with Crippen molar-refractivity contribution in [1.82, 2.24) is 0 Å². The first-order valence-corrected chi connectivity index (χ1v) is 4.30. The van der Waals surface area contributed by atoms with Crippen LogP contribution in [-0.4, -0.2) is 23.0 Å². The largest absolute Gasteiger partial charge is 0.412 e. The van der Waals surface area contributed by atoms with E-state index in [0.29, 0.717) is 0 Å². The fourth-order valence-electron chi connectivity index (χ4n) is 1.43. The van der Waals surface area contributed by atoms with E-state index in [4.69, 9.17) is 0 Å². The second-order valence-electron chi connectivity index (χ2n) is 3.83. The van der Waals surface area contributed by atoms with Crippen molar-refractivity contribution >= 4 is 11.6 Å². The summed E-state index contributed by atoms with van der Waals surface area (Å²) in [5, 5.41) is 0. The first kappa shape index (κ1) is 13.2. The summed E-state index contributed by atoms with van der Waals surface area (Å²) >= 11 is 0. The molecule has 1 rings (SSSR count). The molecule has 0 aliphatic heterocycles. The van der Waals surface area contributed by atoms with Gasteiger partial charge in [0.2, 0.25) is 11.6 Å². The predicted octanol–water partition coefficient (Wildman–Crippen LogP) is 1.00. The minimum Gasteiger partial charge on any atom is -0.412 e. The standard InChI is InChI=1S/C9H12F2O2.H2O/c1-5(2)6-3-7(12)9(10,11)8(13)4-6;/h5-6H,3-4H2,1-2H3;1H2. The number of halogens is 2. The Hall–Kier alpha value is -0.840. The lowest BCUT2D eigenvalue weighted by Gasteiger charge is -2.27. The van der Waals surface area contributed by atoms with Gasteiger partial charge in [0, 0.05) is 12.8 Å². The third kappa shape index (κ3) is 2.15. The van der Waals surface area contributed by atoms with Crippen LogP contribution < -0.4 is 0 Å². The van der Waals surface area contributed by atoms with E-state index in [1.54, 1.807) is 0 Å². The van der Waals surface area contributed by atoms with Gasteiger partial charge in [0.05, 0.1) is 0 Å². The average Bonchev–Trinajstić information content (AvgIpc) is 2.00. The number of hydrogen-bond donors (Lipinski definition) is 0. The molecule has 0 aromatic heterocycles. The molecule has 1 saturated carbocycles. The van der Waals surface area contributed by atoms with Crippen LogP contribution in [0.4, 0.5) is 8.78 Å². The number of alkyl halides is 2. The third-order valence-electron chi connectivity index (χ3n) is 2.54. The van der Waals surface area contributed by atoms with Gasteiger partial charge in [0.15, 0.2) is 0 Å². The summed E-state index contributed by atoms with van der Waals surface area (Å²) in [4.78, 5) is 21.7. The molecule has 0 radical (unpaired) electrons. The van der Waals surface area contributed by atoms with E-state index in [9.17, 15) is 18.4 Å². The zero-order chi connectivity index (χ0) is 10.2. The summed E-state index contributed by atoms with van der Waals surface area (Å²) in [6.45, 7) is 3.66. The Balaban J connectivity index is 0.00000169. The highest BCUT2D eigenvalue weighted by Gasteiger charge is 2.51. The van der Waals surface area contributed by atoms with Crippen LogP contribution in [0.3, 0.4) is 0 Å². The normalized spacial score (nSPS) is 22.4. The Morgan fingerprint density at radius 1 is 1.21 bits per heavy atom. The summed E-state index contributed by atoms with van der Waals surface area (Å²) in [6, 6.07) is 0. The predicted molar refractivity (Wildman–Crippen MR) is 46.1 cm³/mol. The molecule has 1 aliphatic carbocycles. The maximum Gasteiger partial charge on any atom is 0.362 e. The maximum absolute atomic E-state index is 12.7. The molecule has 0 aromatic rings. The summed E-state index contributed by atoms with van der Waals surface area (Å²) < 4.78 is 25.5. The Morgan fingerprint density at radius 2 is 1.57 bits per heavy atom. The van der Waals surface area contributed by atoms with E-state index in [2.05, 4.69) is 0 Å². The lowest BCUT2D eigenvalue weighted by Crippen LogP contribution is -2.45. The highest BCUT2D eigenvalue weighted by atomic mass is 19.3. The number of Topliss-reactive ketones (excluding diaryl/α,β-unsaturated/α-hetero) is 2. The Morgan fingerprint density at radius 3 is 1.86 bits per heavy atom. The van der Waals surface area contributed by atoms with Gasteiger partial charge in [0.25, 0.3) is 0 Å². The van der Waals surface area contributed by atoms with E-state index >= 15 is 0 Å². The van der Waals surface area contributed by atoms with Gasteiger partial charge in [-0.25, -0.2) is 0 Å². The van der Waals surface area contributed by atoms with Crippen LogP contribution in [0.15, 0.2) is 0 Å². The van der Waals surface area contributed by atoms with E-state index in [1.807, 2.05) is 13.8 Å². The Labute approximate surface area is 80.8 Å². The molecule has 5 heteroatoms. The summed E-state index contributed by atoms with van der Waals surface area (Å²) in [6.07, 6.45) is -0.340. The fourth-order valence-corrected chi connectivity index (χ4v) is 1.43. The van der Waals surface area contributed by atoms with E-state index < -0.39 is 17.5 Å². The lowest BCUT2D eigenvalue weighted by atomic mass is 9.79. The molecule has 1 fully saturated rings. The monoisotopic (exact) mass is 208 g/mol. The van der Waals surface area contributed by atoms with Crippen molar-refractivity contribution in [2.45, 2.75) is 32.6 Å². The zero-order valence-corrected chi connectivity index (χ0v) is 8.14. The van der Waals surface area contributed by atoms with Crippen molar-refractivity contribution in [1.29, 1.82) is 0 Å². The van der Waals surface area contributed by atoms with Crippen molar-refractivity contribution in [3.8, 4) is 0 Å². The average molecular weight is 208 g/mol. The van der Waals surface area contributed by atoms with Crippen molar-refractivity contribution in [3.05, 3.63) is 0 Å². The first-order chi connectivity index (χ1) is 5.85. The van der Waals surface area contributed by atoms with Gasteiger partial charge in [0.1, 0.15) is 0 Å². The van der Waals surface area contributed by atoms with Gasteiger partial charge < -0.3 is 5.48 Å². The van der Waals surface area contributed by atoms with E-state index in [0.717, 1.165) is 0 Å². The Kier molecular flexibility index (Phi) is 3.88. The minimum absolute atomic E-state index is 0. The molecule has 0 heterocycles.